The number of ether oxygens (including phenoxy) is 1. The van der Waals surface area contributed by atoms with Gasteiger partial charge in [-0.2, -0.15) is 0 Å². The zero-order chi connectivity index (χ0) is 21.8. The van der Waals surface area contributed by atoms with Gasteiger partial charge in [-0.15, -0.1) is 0 Å². The van der Waals surface area contributed by atoms with Gasteiger partial charge in [-0.1, -0.05) is 24.3 Å². The van der Waals surface area contributed by atoms with Crippen LogP contribution in [0.15, 0.2) is 53.5 Å². The van der Waals surface area contributed by atoms with Gasteiger partial charge in [0.2, 0.25) is 0 Å². The molecule has 0 spiro atoms. The minimum Gasteiger partial charge on any atom is -0.383 e. The molecular formula is C23H33N5O2. The van der Waals surface area contributed by atoms with Crippen molar-refractivity contribution >= 4 is 17.6 Å². The molecule has 0 atom stereocenters. The molecule has 0 heterocycles. The normalized spacial score (nSPS) is 11.1. The Hall–Kier alpha value is -3.06. The van der Waals surface area contributed by atoms with Gasteiger partial charge >= 0.3 is 0 Å². The molecule has 0 aliphatic carbocycles. The summed E-state index contributed by atoms with van der Waals surface area (Å²) >= 11 is 0. The summed E-state index contributed by atoms with van der Waals surface area (Å²) in [7, 11) is 5.20. The predicted molar refractivity (Wildman–Crippen MR) is 123 cm³/mol. The number of benzene rings is 2. The van der Waals surface area contributed by atoms with E-state index >= 15 is 0 Å². The van der Waals surface area contributed by atoms with Gasteiger partial charge in [-0.25, -0.2) is 4.99 Å². The van der Waals surface area contributed by atoms with Gasteiger partial charge in [-0.3, -0.25) is 4.79 Å². The van der Waals surface area contributed by atoms with E-state index in [0.717, 1.165) is 35.9 Å². The van der Waals surface area contributed by atoms with E-state index in [1.165, 1.54) is 0 Å². The van der Waals surface area contributed by atoms with Gasteiger partial charge in [0.15, 0.2) is 5.96 Å². The van der Waals surface area contributed by atoms with Crippen molar-refractivity contribution in [3.63, 3.8) is 0 Å². The third-order valence-electron chi connectivity index (χ3n) is 4.42. The predicted octanol–water partition coefficient (Wildman–Crippen LogP) is 2.70. The highest BCUT2D eigenvalue weighted by Gasteiger charge is 2.07. The number of anilines is 1. The van der Waals surface area contributed by atoms with Crippen molar-refractivity contribution < 1.29 is 9.53 Å². The van der Waals surface area contributed by atoms with Crippen LogP contribution in [0, 0.1) is 0 Å². The van der Waals surface area contributed by atoms with Crippen LogP contribution >= 0.6 is 0 Å². The molecule has 0 saturated heterocycles. The highest BCUT2D eigenvalue weighted by Crippen LogP contribution is 2.10. The number of carbonyl (C=O) groups is 1. The van der Waals surface area contributed by atoms with E-state index in [-0.39, 0.29) is 5.91 Å². The average Bonchev–Trinajstić information content (AvgIpc) is 2.76. The Labute approximate surface area is 179 Å². The highest BCUT2D eigenvalue weighted by molar-refractivity contribution is 5.93. The number of amides is 1. The maximum atomic E-state index is 12.0. The number of guanidine groups is 1. The minimum absolute atomic E-state index is 0.00401. The molecule has 7 nitrogen and oxygen atoms in total. The largest absolute Gasteiger partial charge is 0.383 e. The van der Waals surface area contributed by atoms with E-state index in [4.69, 9.17) is 4.74 Å². The quantitative estimate of drug-likeness (QED) is 0.318. The van der Waals surface area contributed by atoms with Gasteiger partial charge in [0, 0.05) is 52.1 Å². The average molecular weight is 412 g/mol. The number of hydrogen-bond acceptors (Lipinski definition) is 4. The molecule has 0 bridgehead atoms. The molecule has 1 amide bonds. The number of aliphatic imine (C=N–C) groups is 1. The third-order valence-corrected chi connectivity index (χ3v) is 4.42. The SMILES string of the molecule is CCNC(=NCc1ccc(NCCOC)cc1)NCc1ccc(C(=O)N(C)C)cc1. The van der Waals surface area contributed by atoms with Crippen molar-refractivity contribution in [3.8, 4) is 0 Å². The van der Waals surface area contributed by atoms with Crippen LogP contribution in [0.4, 0.5) is 5.69 Å². The van der Waals surface area contributed by atoms with Crippen molar-refractivity contribution in [1.82, 2.24) is 15.5 Å². The number of nitrogens with one attached hydrogen (secondary N) is 3. The lowest BCUT2D eigenvalue weighted by Crippen LogP contribution is -2.36. The molecule has 0 aliphatic rings. The van der Waals surface area contributed by atoms with Gasteiger partial charge in [0.25, 0.3) is 5.91 Å². The molecule has 3 N–H and O–H groups in total. The first-order chi connectivity index (χ1) is 14.5. The van der Waals surface area contributed by atoms with E-state index in [1.54, 1.807) is 26.1 Å². The van der Waals surface area contributed by atoms with Crippen molar-refractivity contribution in [3.05, 3.63) is 65.2 Å². The second kappa shape index (κ2) is 12.5. The van der Waals surface area contributed by atoms with Crippen LogP contribution in [-0.2, 0) is 17.8 Å². The van der Waals surface area contributed by atoms with Crippen molar-refractivity contribution in [1.29, 1.82) is 0 Å². The Kier molecular flexibility index (Phi) is 9.67. The first-order valence-electron chi connectivity index (χ1n) is 10.2. The van der Waals surface area contributed by atoms with Gasteiger partial charge < -0.3 is 25.6 Å². The first kappa shape index (κ1) is 23.2. The fourth-order valence-electron chi connectivity index (χ4n) is 2.75. The number of rotatable bonds is 10. The van der Waals surface area contributed by atoms with Crippen LogP contribution in [0.25, 0.3) is 0 Å². The molecule has 2 aromatic carbocycles. The topological polar surface area (TPSA) is 78.0 Å². The van der Waals surface area contributed by atoms with E-state index in [2.05, 4.69) is 45.2 Å². The molecule has 0 fully saturated rings. The Morgan fingerprint density at radius 1 is 1.00 bits per heavy atom. The smallest absolute Gasteiger partial charge is 0.253 e. The van der Waals surface area contributed by atoms with Crippen LogP contribution in [0.5, 0.6) is 0 Å². The summed E-state index contributed by atoms with van der Waals surface area (Å²) in [4.78, 5) is 18.2. The van der Waals surface area contributed by atoms with Gasteiger partial charge in [0.1, 0.15) is 0 Å². The first-order valence-corrected chi connectivity index (χ1v) is 10.2. The highest BCUT2D eigenvalue weighted by atomic mass is 16.5. The molecule has 7 heteroatoms. The molecule has 162 valence electrons. The van der Waals surface area contributed by atoms with Crippen molar-refractivity contribution in [2.75, 3.05) is 46.2 Å². The second-order valence-corrected chi connectivity index (χ2v) is 7.06. The van der Waals surface area contributed by atoms with Crippen molar-refractivity contribution in [2.45, 2.75) is 20.0 Å². The maximum Gasteiger partial charge on any atom is 0.253 e. The summed E-state index contributed by atoms with van der Waals surface area (Å²) in [5.41, 5.74) is 3.98. The molecule has 30 heavy (non-hydrogen) atoms. The van der Waals surface area contributed by atoms with E-state index < -0.39 is 0 Å². The lowest BCUT2D eigenvalue weighted by molar-refractivity contribution is 0.0827. The van der Waals surface area contributed by atoms with Crippen LogP contribution in [0.3, 0.4) is 0 Å². The number of hydrogen-bond donors (Lipinski definition) is 3. The molecule has 0 aliphatic heterocycles. The zero-order valence-corrected chi connectivity index (χ0v) is 18.4. The molecule has 2 aromatic rings. The molecule has 0 unspecified atom stereocenters. The summed E-state index contributed by atoms with van der Waals surface area (Å²) in [5.74, 6) is 0.762. The van der Waals surface area contributed by atoms with Crippen LogP contribution in [0.2, 0.25) is 0 Å². The molecular weight excluding hydrogens is 378 g/mol. The van der Waals surface area contributed by atoms with E-state index in [1.807, 2.05) is 31.2 Å². The van der Waals surface area contributed by atoms with Crippen LogP contribution in [0.1, 0.15) is 28.4 Å². The van der Waals surface area contributed by atoms with Crippen LogP contribution < -0.4 is 16.0 Å². The third kappa shape index (κ3) is 7.75. The zero-order valence-electron chi connectivity index (χ0n) is 18.4. The summed E-state index contributed by atoms with van der Waals surface area (Å²) < 4.78 is 5.04. The van der Waals surface area contributed by atoms with Crippen molar-refractivity contribution in [2.24, 2.45) is 4.99 Å². The minimum atomic E-state index is 0.00401. The number of nitrogens with zero attached hydrogens (tertiary/aromatic N) is 2. The fraction of sp³-hybridized carbons (Fsp3) is 0.391. The van der Waals surface area contributed by atoms with Gasteiger partial charge in [0.05, 0.1) is 13.2 Å². The number of methoxy groups -OCH3 is 1. The van der Waals surface area contributed by atoms with Crippen LogP contribution in [-0.4, -0.2) is 57.7 Å². The molecule has 0 radical (unpaired) electrons. The standard InChI is InChI=1S/C23H33N5O2/c1-5-24-23(26-16-18-6-10-20(11-7-18)22(29)28(2)3)27-17-19-8-12-21(13-9-19)25-14-15-30-4/h6-13,25H,5,14-17H2,1-4H3,(H2,24,26,27). The summed E-state index contributed by atoms with van der Waals surface area (Å²) in [6.45, 7) is 5.50. The monoisotopic (exact) mass is 411 g/mol. The molecule has 0 saturated carbocycles. The number of carbonyl (C=O) groups excluding carboxylic acids is 1. The fourth-order valence-corrected chi connectivity index (χ4v) is 2.75. The Morgan fingerprint density at radius 3 is 2.27 bits per heavy atom. The lowest BCUT2D eigenvalue weighted by atomic mass is 10.1. The Balaban J connectivity index is 1.90. The second-order valence-electron chi connectivity index (χ2n) is 7.06. The summed E-state index contributed by atoms with van der Waals surface area (Å²) in [6, 6.07) is 15.9. The van der Waals surface area contributed by atoms with E-state index in [9.17, 15) is 4.79 Å². The summed E-state index contributed by atoms with van der Waals surface area (Å²) in [6.07, 6.45) is 0. The Morgan fingerprint density at radius 2 is 1.67 bits per heavy atom. The lowest BCUT2D eigenvalue weighted by Gasteiger charge is -2.13. The van der Waals surface area contributed by atoms with Gasteiger partial charge in [-0.05, 0) is 42.3 Å². The summed E-state index contributed by atoms with van der Waals surface area (Å²) in [5, 5.41) is 9.91. The molecule has 2 rings (SSSR count). The molecule has 0 aromatic heterocycles. The maximum absolute atomic E-state index is 12.0. The van der Waals surface area contributed by atoms with E-state index in [0.29, 0.717) is 25.3 Å². The Bertz CT molecular complexity index is 801.